The van der Waals surface area contributed by atoms with Gasteiger partial charge in [0.15, 0.2) is 5.13 Å². The molecule has 0 saturated heterocycles. The van der Waals surface area contributed by atoms with Gasteiger partial charge in [0.1, 0.15) is 12.4 Å². The van der Waals surface area contributed by atoms with Crippen LogP contribution < -0.4 is 10.1 Å². The summed E-state index contributed by atoms with van der Waals surface area (Å²) in [5.41, 5.74) is 5.65. The number of aromatic nitrogens is 1. The minimum absolute atomic E-state index is 0.104. The fraction of sp³-hybridized carbons (Fsp3) is 0.448. The molecule has 0 atom stereocenters. The van der Waals surface area contributed by atoms with Gasteiger partial charge in [-0.05, 0) is 111 Å². The molecule has 4 saturated carbocycles. The average Bonchev–Trinajstić information content (AvgIpc) is 3.29. The molecule has 0 aliphatic heterocycles. The monoisotopic (exact) mass is 472 g/mol. The van der Waals surface area contributed by atoms with E-state index in [4.69, 9.17) is 9.72 Å². The summed E-state index contributed by atoms with van der Waals surface area (Å²) < 4.78 is 5.92. The number of rotatable bonds is 6. The number of aryl methyl sites for hydroxylation is 2. The highest BCUT2D eigenvalue weighted by Gasteiger charge is 2.52. The van der Waals surface area contributed by atoms with E-state index in [0.717, 1.165) is 34.2 Å². The molecule has 4 nitrogen and oxygen atoms in total. The van der Waals surface area contributed by atoms with Crippen LogP contribution in [-0.2, 0) is 12.0 Å². The first-order valence-corrected chi connectivity index (χ1v) is 13.4. The number of ether oxygens (including phenoxy) is 1. The number of anilines is 1. The summed E-state index contributed by atoms with van der Waals surface area (Å²) in [4.78, 5) is 17.8. The Balaban J connectivity index is 1.08. The highest BCUT2D eigenvalue weighted by Crippen LogP contribution is 2.60. The Hall–Kier alpha value is -2.66. The maximum atomic E-state index is 12.9. The van der Waals surface area contributed by atoms with Crippen LogP contribution in [0.15, 0.2) is 47.8 Å². The maximum absolute atomic E-state index is 12.9. The van der Waals surface area contributed by atoms with Crippen LogP contribution in [0.25, 0.3) is 0 Å². The fourth-order valence-electron chi connectivity index (χ4n) is 6.89. The molecule has 4 aliphatic carbocycles. The first-order chi connectivity index (χ1) is 16.5. The van der Waals surface area contributed by atoms with Gasteiger partial charge >= 0.3 is 0 Å². The minimum atomic E-state index is -0.104. The van der Waals surface area contributed by atoms with Crippen molar-refractivity contribution in [2.75, 3.05) is 5.32 Å². The molecule has 1 N–H and O–H groups in total. The molecular weight excluding hydrogens is 440 g/mol. The molecule has 0 spiro atoms. The van der Waals surface area contributed by atoms with Crippen LogP contribution in [0, 0.1) is 31.6 Å². The van der Waals surface area contributed by atoms with Crippen molar-refractivity contribution >= 4 is 22.4 Å². The van der Waals surface area contributed by atoms with Crippen molar-refractivity contribution in [1.82, 2.24) is 4.98 Å². The van der Waals surface area contributed by atoms with Gasteiger partial charge in [0.05, 0.1) is 5.69 Å². The van der Waals surface area contributed by atoms with Gasteiger partial charge in [-0.2, -0.15) is 0 Å². The summed E-state index contributed by atoms with van der Waals surface area (Å²) in [6.07, 6.45) is 8.17. The number of benzene rings is 2. The van der Waals surface area contributed by atoms with Crippen molar-refractivity contribution in [2.45, 2.75) is 64.4 Å². The number of nitrogens with one attached hydrogen (secondary N) is 1. The van der Waals surface area contributed by atoms with Crippen LogP contribution in [0.5, 0.6) is 5.75 Å². The van der Waals surface area contributed by atoms with Crippen LogP contribution >= 0.6 is 11.3 Å². The molecule has 1 heterocycles. The molecule has 5 heteroatoms. The van der Waals surface area contributed by atoms with Crippen molar-refractivity contribution < 1.29 is 9.53 Å². The molecule has 176 valence electrons. The van der Waals surface area contributed by atoms with Crippen molar-refractivity contribution in [3.8, 4) is 5.75 Å². The Morgan fingerprint density at radius 2 is 1.68 bits per heavy atom. The van der Waals surface area contributed by atoms with Crippen molar-refractivity contribution in [1.29, 1.82) is 0 Å². The third-order valence-electron chi connectivity index (χ3n) is 8.41. The number of thiazole rings is 1. The zero-order valence-electron chi connectivity index (χ0n) is 20.0. The van der Waals surface area contributed by atoms with Gasteiger partial charge in [0.25, 0.3) is 5.91 Å². The Morgan fingerprint density at radius 3 is 2.32 bits per heavy atom. The lowest BCUT2D eigenvalue weighted by Gasteiger charge is -2.56. The summed E-state index contributed by atoms with van der Waals surface area (Å²) in [5.74, 6) is 3.44. The third kappa shape index (κ3) is 4.15. The Kier molecular flexibility index (Phi) is 5.48. The lowest BCUT2D eigenvalue weighted by atomic mass is 9.49. The second kappa shape index (κ2) is 8.53. The molecule has 4 bridgehead atoms. The van der Waals surface area contributed by atoms with E-state index in [0.29, 0.717) is 12.2 Å². The largest absolute Gasteiger partial charge is 0.489 e. The Bertz CT molecular complexity index is 1180. The van der Waals surface area contributed by atoms with Crippen LogP contribution in [0.4, 0.5) is 5.13 Å². The van der Waals surface area contributed by atoms with E-state index in [1.54, 1.807) is 11.3 Å². The van der Waals surface area contributed by atoms with Crippen LogP contribution in [0.3, 0.4) is 0 Å². The number of carbonyl (C=O) groups is 1. The fourth-order valence-corrected chi connectivity index (χ4v) is 7.72. The third-order valence-corrected chi connectivity index (χ3v) is 9.16. The summed E-state index contributed by atoms with van der Waals surface area (Å²) in [6, 6.07) is 13.8. The van der Waals surface area contributed by atoms with Gasteiger partial charge in [-0.3, -0.25) is 10.1 Å². The van der Waals surface area contributed by atoms with Gasteiger partial charge in [-0.1, -0.05) is 18.2 Å². The normalized spacial score (nSPS) is 27.1. The van der Waals surface area contributed by atoms with Crippen molar-refractivity contribution in [2.24, 2.45) is 17.8 Å². The summed E-state index contributed by atoms with van der Waals surface area (Å²) in [6.45, 7) is 4.66. The minimum Gasteiger partial charge on any atom is -0.489 e. The van der Waals surface area contributed by atoms with E-state index in [-0.39, 0.29) is 11.3 Å². The molecular formula is C29H32N2O2S. The number of hydrogen-bond acceptors (Lipinski definition) is 4. The molecule has 0 radical (unpaired) electrons. The molecule has 3 aromatic rings. The molecule has 1 aromatic heterocycles. The van der Waals surface area contributed by atoms with Crippen LogP contribution in [0.1, 0.15) is 71.3 Å². The number of nitrogens with zero attached hydrogens (tertiary/aromatic N) is 1. The van der Waals surface area contributed by atoms with E-state index in [2.05, 4.69) is 36.7 Å². The van der Waals surface area contributed by atoms with Gasteiger partial charge in [0, 0.05) is 16.4 Å². The number of amides is 1. The predicted octanol–water partition coefficient (Wildman–Crippen LogP) is 7.06. The zero-order chi connectivity index (χ0) is 23.3. The summed E-state index contributed by atoms with van der Waals surface area (Å²) in [7, 11) is 0. The number of carbonyl (C=O) groups excluding carboxylic acids is 1. The molecule has 1 amide bonds. The topological polar surface area (TPSA) is 51.2 Å². The van der Waals surface area contributed by atoms with E-state index in [9.17, 15) is 4.79 Å². The van der Waals surface area contributed by atoms with Crippen LogP contribution in [0.2, 0.25) is 0 Å². The molecule has 2 aromatic carbocycles. The van der Waals surface area contributed by atoms with Crippen molar-refractivity contribution in [3.05, 3.63) is 75.8 Å². The summed E-state index contributed by atoms with van der Waals surface area (Å²) >= 11 is 1.57. The first-order valence-electron chi connectivity index (χ1n) is 12.5. The van der Waals surface area contributed by atoms with Crippen molar-refractivity contribution in [3.63, 3.8) is 0 Å². The Labute approximate surface area is 205 Å². The van der Waals surface area contributed by atoms with Gasteiger partial charge in [-0.15, -0.1) is 11.3 Å². The van der Waals surface area contributed by atoms with E-state index < -0.39 is 0 Å². The molecule has 4 fully saturated rings. The SMILES string of the molecule is Cc1ccc(OCc2ccc(C(=O)Nc3nc(C45CC6CC(CC(C6)C4)C5)cs3)cc2)cc1C. The Morgan fingerprint density at radius 1 is 1.00 bits per heavy atom. The number of hydrogen-bond donors (Lipinski definition) is 1. The van der Waals surface area contributed by atoms with Gasteiger partial charge < -0.3 is 4.74 Å². The lowest BCUT2D eigenvalue weighted by molar-refractivity contribution is -0.00688. The standard InChI is InChI=1S/C29H32N2O2S/c1-18-3-8-25(9-19(18)2)33-16-20-4-6-24(7-5-20)27(32)31-28-30-26(17-34-28)29-13-21-10-22(14-29)12-23(11-21)15-29/h3-9,17,21-23H,10-16H2,1-2H3,(H,30,31,32). The van der Waals surface area contributed by atoms with Crippen LogP contribution in [-0.4, -0.2) is 10.9 Å². The van der Waals surface area contributed by atoms with E-state index in [1.165, 1.54) is 55.3 Å². The van der Waals surface area contributed by atoms with E-state index in [1.807, 2.05) is 30.3 Å². The quantitative estimate of drug-likeness (QED) is 0.418. The lowest BCUT2D eigenvalue weighted by Crippen LogP contribution is -2.48. The average molecular weight is 473 g/mol. The molecule has 4 aliphatic rings. The second-order valence-electron chi connectivity index (χ2n) is 10.9. The van der Waals surface area contributed by atoms with E-state index >= 15 is 0 Å². The molecule has 34 heavy (non-hydrogen) atoms. The predicted molar refractivity (Wildman–Crippen MR) is 137 cm³/mol. The second-order valence-corrected chi connectivity index (χ2v) is 11.8. The van der Waals surface area contributed by atoms with Gasteiger partial charge in [-0.25, -0.2) is 4.98 Å². The first kappa shape index (κ1) is 21.8. The van der Waals surface area contributed by atoms with Gasteiger partial charge in [0.2, 0.25) is 0 Å². The maximum Gasteiger partial charge on any atom is 0.257 e. The molecule has 0 unspecified atom stereocenters. The highest BCUT2D eigenvalue weighted by atomic mass is 32.1. The highest BCUT2D eigenvalue weighted by molar-refractivity contribution is 7.14. The zero-order valence-corrected chi connectivity index (χ0v) is 20.8. The summed E-state index contributed by atoms with van der Waals surface area (Å²) in [5, 5.41) is 5.96. The smallest absolute Gasteiger partial charge is 0.257 e. The molecule has 7 rings (SSSR count).